The van der Waals surface area contributed by atoms with Crippen LogP contribution in [0.5, 0.6) is 184 Å². The summed E-state index contributed by atoms with van der Waals surface area (Å²) in [6, 6.07) is 0. The molecule has 0 unspecified atom stereocenters. The van der Waals surface area contributed by atoms with Gasteiger partial charge in [-0.05, 0) is 0 Å². The first-order valence-corrected chi connectivity index (χ1v) is 22.8. The molecule has 0 aliphatic heterocycles. The van der Waals surface area contributed by atoms with Crippen molar-refractivity contribution in [2.24, 2.45) is 0 Å². The Kier molecular flexibility index (Phi) is 10.5. The second kappa shape index (κ2) is 16.6. The maximum atomic E-state index is 12.3. The molecule has 0 saturated heterocycles. The minimum atomic E-state index is -2.07. The van der Waals surface area contributed by atoms with E-state index < -0.39 is 294 Å². The molecule has 0 aliphatic rings. The minimum absolute atomic E-state index is 1.13. The highest BCUT2D eigenvalue weighted by atomic mass is 16.4. The lowest BCUT2D eigenvalue weighted by atomic mass is 9.81. The zero-order valence-electron chi connectivity index (χ0n) is 40.7. The molecule has 0 atom stereocenters. The van der Waals surface area contributed by atoms with Crippen molar-refractivity contribution in [3.05, 3.63) is 0 Å². The first-order chi connectivity index (χ1) is 39.6. The molecule has 0 saturated carbocycles. The van der Waals surface area contributed by atoms with Gasteiger partial charge in [0.2, 0.25) is 74.7 Å². The van der Waals surface area contributed by atoms with Crippen molar-refractivity contribution in [1.29, 1.82) is 0 Å². The molecule has 0 radical (unpaired) electrons. The molecule has 32 N–H and O–H groups in total. The van der Waals surface area contributed by atoms with Crippen molar-refractivity contribution in [2.75, 3.05) is 0 Å². The van der Waals surface area contributed by atoms with Gasteiger partial charge in [-0.2, -0.15) is 0 Å². The number of hydrogen-bond donors (Lipinski definition) is 32. The van der Waals surface area contributed by atoms with Crippen LogP contribution in [0.25, 0.3) is 110 Å². The van der Waals surface area contributed by atoms with E-state index in [1.807, 2.05) is 0 Å². The van der Waals surface area contributed by atoms with Crippen LogP contribution in [-0.4, -0.2) is 163 Å². The van der Waals surface area contributed by atoms with Gasteiger partial charge >= 0.3 is 0 Å². The summed E-state index contributed by atoms with van der Waals surface area (Å²) in [5.74, 6) is -56.8. The van der Waals surface area contributed by atoms with Gasteiger partial charge in [0, 0.05) is 54.6 Å². The molecule has 1 aromatic heterocycles. The monoisotopic (exact) mass is 1180 g/mol. The zero-order valence-corrected chi connectivity index (χ0v) is 40.7. The first-order valence-electron chi connectivity index (χ1n) is 22.8. The van der Waals surface area contributed by atoms with Crippen LogP contribution in [-0.2, 0) is 0 Å². The molecule has 0 bridgehead atoms. The minimum Gasteiger partial charge on any atom is -0.506 e. The van der Waals surface area contributed by atoms with E-state index in [-0.39, 0.29) is 0 Å². The smallest absolute Gasteiger partial charge is 0.208 e. The van der Waals surface area contributed by atoms with E-state index in [0.717, 1.165) is 0 Å². The fourth-order valence-electron chi connectivity index (χ4n) is 10.7. The van der Waals surface area contributed by atoms with E-state index in [9.17, 15) is 163 Å². The Morgan fingerprint density at radius 2 is 0.306 bits per heavy atom. The molecule has 10 aromatic carbocycles. The van der Waals surface area contributed by atoms with Crippen molar-refractivity contribution < 1.29 is 168 Å². The third kappa shape index (κ3) is 6.05. The Balaban J connectivity index is 1.39. The Morgan fingerprint density at radius 3 is 0.682 bits per heavy atom. The molecule has 0 fully saturated rings. The van der Waals surface area contributed by atoms with Crippen molar-refractivity contribution in [3.8, 4) is 228 Å². The predicted molar refractivity (Wildman–Crippen MR) is 279 cm³/mol. The van der Waals surface area contributed by atoms with Crippen LogP contribution in [0, 0.1) is 0 Å². The summed E-state index contributed by atoms with van der Waals surface area (Å²) in [4.78, 5) is 0. The lowest BCUT2D eigenvalue weighted by Gasteiger charge is -2.25. The van der Waals surface area contributed by atoms with Crippen molar-refractivity contribution in [3.63, 3.8) is 0 Å². The molecule has 11 rings (SSSR count). The number of rotatable bonds is 4. The Bertz CT molecular complexity index is 4940. The highest BCUT2D eigenvalue weighted by Crippen LogP contribution is 2.71. The van der Waals surface area contributed by atoms with Gasteiger partial charge in [0.1, 0.15) is 17.2 Å². The van der Waals surface area contributed by atoms with E-state index in [2.05, 4.69) is 0 Å². The van der Waals surface area contributed by atoms with Crippen LogP contribution < -0.4 is 0 Å². The van der Waals surface area contributed by atoms with Crippen molar-refractivity contribution in [1.82, 2.24) is 0 Å². The highest BCUT2D eigenvalue weighted by Gasteiger charge is 2.42. The maximum Gasteiger partial charge on any atom is 0.208 e. The summed E-state index contributed by atoms with van der Waals surface area (Å²) in [5, 5.41) is 349. The average Bonchev–Trinajstić information content (AvgIpc) is 1.66. The summed E-state index contributed by atoms with van der Waals surface area (Å²) < 4.78 is 5.57. The number of phenols is 32. The van der Waals surface area contributed by atoms with E-state index in [4.69, 9.17) is 4.42 Å². The predicted octanol–water partition coefficient (Wildman–Crippen LogP) is 5.45. The van der Waals surface area contributed by atoms with Gasteiger partial charge in [-0.25, -0.2) is 0 Å². The van der Waals surface area contributed by atoms with Crippen LogP contribution in [0.3, 0.4) is 0 Å². The molecule has 1 heterocycles. The third-order valence-electron chi connectivity index (χ3n) is 14.5. The van der Waals surface area contributed by atoms with Gasteiger partial charge in [0.15, 0.2) is 103 Å². The second-order valence-electron chi connectivity index (χ2n) is 18.7. The van der Waals surface area contributed by atoms with Gasteiger partial charge in [0.25, 0.3) is 0 Å². The normalized spacial score (nSPS) is 11.9. The molecule has 33 heteroatoms. The summed E-state index contributed by atoms with van der Waals surface area (Å²) in [6.45, 7) is 0. The summed E-state index contributed by atoms with van der Waals surface area (Å²) >= 11 is 0. The topological polar surface area (TPSA) is 661 Å². The molecule has 0 aliphatic carbocycles. The standard InChI is InChI=1S/C52H32O33/c53-19-8(9-12(32(66)43(77)42(76)27(9)61)20(54)14(19)16-34(68)46(80)49(83)47(81)35(16)69)13-30(64)28(62)11(29(63)31(13)65)2-5-3(22(56)38(72)40(74)24(5)58)1(4-6(2)25(59)41(75)39(73)23(4)57)7-10-18-21(55)15-17(36(70)45(79)44(78)33(15)67)37(71)52(18)85-51(10)50(84)48(82)26(7)60/h53-84H. The number of furan rings is 1. The van der Waals surface area contributed by atoms with E-state index >= 15 is 0 Å². The van der Waals surface area contributed by atoms with Crippen LogP contribution in [0.15, 0.2) is 4.42 Å². The maximum absolute atomic E-state index is 12.3. The number of hydrogen-bond acceptors (Lipinski definition) is 33. The third-order valence-corrected chi connectivity index (χ3v) is 14.5. The average molecular weight is 1180 g/mol. The Morgan fingerprint density at radius 1 is 0.106 bits per heavy atom. The molecule has 0 amide bonds. The van der Waals surface area contributed by atoms with Crippen molar-refractivity contribution in [2.45, 2.75) is 0 Å². The number of phenolic OH excluding ortho intramolecular Hbond substituents is 32. The summed E-state index contributed by atoms with van der Waals surface area (Å²) in [5.41, 5.74) is -15.3. The molecule has 85 heavy (non-hydrogen) atoms. The van der Waals surface area contributed by atoms with Gasteiger partial charge in [-0.3, -0.25) is 0 Å². The summed E-state index contributed by atoms with van der Waals surface area (Å²) in [7, 11) is 0. The van der Waals surface area contributed by atoms with Crippen molar-refractivity contribution >= 4 is 65.0 Å². The fraction of sp³-hybridized carbons (Fsp3) is 0. The van der Waals surface area contributed by atoms with Gasteiger partial charge in [0.05, 0.1) is 43.8 Å². The largest absolute Gasteiger partial charge is 0.506 e. The molecule has 0 spiro atoms. The summed E-state index contributed by atoms with van der Waals surface area (Å²) in [6.07, 6.45) is 0. The van der Waals surface area contributed by atoms with Gasteiger partial charge in [-0.15, -0.1) is 0 Å². The lowest BCUT2D eigenvalue weighted by Crippen LogP contribution is -1.97. The molecule has 11 aromatic rings. The number of fused-ring (bicyclic) bond motifs is 7. The van der Waals surface area contributed by atoms with Crippen LogP contribution in [0.2, 0.25) is 0 Å². The van der Waals surface area contributed by atoms with Crippen LogP contribution >= 0.6 is 0 Å². The quantitative estimate of drug-likeness (QED) is 0.0592. The Hall–Kier alpha value is -13.4. The van der Waals surface area contributed by atoms with E-state index in [0.29, 0.717) is 0 Å². The van der Waals surface area contributed by atoms with Gasteiger partial charge in [-0.1, -0.05) is 0 Å². The lowest BCUT2D eigenvalue weighted by molar-refractivity contribution is 0.329. The van der Waals surface area contributed by atoms with E-state index in [1.54, 1.807) is 0 Å². The van der Waals surface area contributed by atoms with Crippen LogP contribution in [0.4, 0.5) is 0 Å². The van der Waals surface area contributed by atoms with Gasteiger partial charge < -0.3 is 168 Å². The SMILES string of the molecule is Oc1c(O)c(O)c(-c2c(O)c(-c3c(O)c(O)c(-c4c5c(O)c(O)c(O)c(O)c5c(-c5c(O)c(O)c(O)c6oc7c(O)c8c(O)c(O)c(O)c(O)c8c(O)c7c56)c5c(O)c(O)c(O)c(O)c45)c(O)c3O)c3c(O)c(O)c(O)c(O)c3c2O)c(O)c1O. The molecular formula is C52H32O33. The van der Waals surface area contributed by atoms with E-state index in [1.165, 1.54) is 0 Å². The Labute approximate surface area is 460 Å². The number of aromatic hydroxyl groups is 32. The molecular weight excluding hydrogens is 1150 g/mol. The van der Waals surface area contributed by atoms with Crippen LogP contribution in [0.1, 0.15) is 0 Å². The molecule has 438 valence electrons. The first kappa shape index (κ1) is 53.6. The second-order valence-corrected chi connectivity index (χ2v) is 18.7. The fourth-order valence-corrected chi connectivity index (χ4v) is 10.7. The highest BCUT2D eigenvalue weighted by molar-refractivity contribution is 6.35. The molecule has 33 nitrogen and oxygen atoms in total. The zero-order chi connectivity index (χ0) is 62.7. The number of benzene rings is 10.